The van der Waals surface area contributed by atoms with E-state index in [1.165, 1.54) is 19.2 Å². The maximum atomic E-state index is 14.4. The molecule has 1 aliphatic heterocycles. The molecule has 3 rings (SSSR count). The highest BCUT2D eigenvalue weighted by Crippen LogP contribution is 2.40. The number of carbonyl (C=O) groups excluding carboxylic acids is 1. The Morgan fingerprint density at radius 3 is 2.69 bits per heavy atom. The summed E-state index contributed by atoms with van der Waals surface area (Å²) in [7, 11) is 0. The average molecular weight is 476 g/mol. The normalized spacial score (nSPS) is 21.9. The van der Waals surface area contributed by atoms with Crippen molar-refractivity contribution >= 4 is 33.5 Å². The number of alkyl halides is 3. The predicted octanol–water partition coefficient (Wildman–Crippen LogP) is 3.51. The minimum Gasteiger partial charge on any atom is -0.452 e. The lowest BCUT2D eigenvalue weighted by atomic mass is 9.86. The van der Waals surface area contributed by atoms with Crippen LogP contribution < -0.4 is 11.1 Å². The van der Waals surface area contributed by atoms with E-state index in [4.69, 9.17) is 5.73 Å². The third-order valence-corrected chi connectivity index (χ3v) is 4.67. The number of pyridine rings is 2. The number of ether oxygens (including phenoxy) is 1. The number of nitrogens with one attached hydrogen (secondary N) is 1. The first-order chi connectivity index (χ1) is 13.5. The van der Waals surface area contributed by atoms with E-state index in [0.29, 0.717) is 4.47 Å². The smallest absolute Gasteiger partial charge is 0.425 e. The van der Waals surface area contributed by atoms with Crippen LogP contribution in [0.3, 0.4) is 0 Å². The fourth-order valence-corrected chi connectivity index (χ4v) is 3.05. The van der Waals surface area contributed by atoms with Crippen molar-refractivity contribution in [2.24, 2.45) is 10.7 Å². The number of carbonyl (C=O) groups is 1. The maximum absolute atomic E-state index is 14.4. The number of nitrogens with two attached hydrogens (primary N) is 1. The minimum absolute atomic E-state index is 0.0566. The van der Waals surface area contributed by atoms with Gasteiger partial charge in [-0.05, 0) is 41.1 Å². The van der Waals surface area contributed by atoms with E-state index in [1.54, 1.807) is 6.07 Å². The summed E-state index contributed by atoms with van der Waals surface area (Å²) in [5.74, 6) is -1.64. The van der Waals surface area contributed by atoms with Gasteiger partial charge < -0.3 is 15.8 Å². The Bertz CT molecular complexity index is 967. The fraction of sp³-hybridized carbons (Fsp3) is 0.294. The third kappa shape index (κ3) is 4.63. The highest BCUT2D eigenvalue weighted by Gasteiger charge is 2.50. The van der Waals surface area contributed by atoms with Crippen LogP contribution in [0.15, 0.2) is 40.1 Å². The van der Waals surface area contributed by atoms with Gasteiger partial charge in [0.15, 0.2) is 6.10 Å². The topological polar surface area (TPSA) is 102 Å². The summed E-state index contributed by atoms with van der Waals surface area (Å²) < 4.78 is 59.0. The van der Waals surface area contributed by atoms with Gasteiger partial charge in [-0.2, -0.15) is 17.6 Å². The van der Waals surface area contributed by atoms with E-state index in [0.717, 1.165) is 12.3 Å². The molecule has 7 nitrogen and oxygen atoms in total. The molecule has 0 fully saturated rings. The molecule has 2 aromatic heterocycles. The molecule has 0 aromatic carbocycles. The van der Waals surface area contributed by atoms with Gasteiger partial charge in [0.2, 0.25) is 5.95 Å². The summed E-state index contributed by atoms with van der Waals surface area (Å²) in [4.78, 5) is 23.6. The monoisotopic (exact) mass is 475 g/mol. The number of anilines is 1. The lowest BCUT2D eigenvalue weighted by molar-refractivity contribution is -0.208. The number of aromatic nitrogens is 2. The first-order valence-electron chi connectivity index (χ1n) is 8.15. The first-order valence-corrected chi connectivity index (χ1v) is 8.95. The van der Waals surface area contributed by atoms with Gasteiger partial charge in [0.1, 0.15) is 5.69 Å². The lowest BCUT2D eigenvalue weighted by Gasteiger charge is -2.35. The van der Waals surface area contributed by atoms with Crippen LogP contribution in [0.5, 0.6) is 0 Å². The summed E-state index contributed by atoms with van der Waals surface area (Å²) in [6.45, 7) is 1.28. The molecule has 12 heteroatoms. The number of hydrogen-bond donors (Lipinski definition) is 2. The Labute approximate surface area is 170 Å². The zero-order chi connectivity index (χ0) is 21.4. The molecular weight excluding hydrogens is 462 g/mol. The van der Waals surface area contributed by atoms with Gasteiger partial charge in [0.05, 0.1) is 17.4 Å². The summed E-state index contributed by atoms with van der Waals surface area (Å²) in [5.41, 5.74) is 3.57. The molecule has 0 saturated heterocycles. The van der Waals surface area contributed by atoms with E-state index in [1.807, 2.05) is 0 Å². The van der Waals surface area contributed by atoms with Crippen LogP contribution in [0, 0.1) is 5.95 Å². The van der Waals surface area contributed by atoms with Crippen LogP contribution in [0.1, 0.15) is 29.4 Å². The van der Waals surface area contributed by atoms with Gasteiger partial charge in [-0.1, -0.05) is 0 Å². The van der Waals surface area contributed by atoms with Gasteiger partial charge in [-0.15, -0.1) is 0 Å². The van der Waals surface area contributed by atoms with Crippen LogP contribution in [0.2, 0.25) is 0 Å². The van der Waals surface area contributed by atoms with Crippen LogP contribution in [-0.4, -0.2) is 34.2 Å². The predicted molar refractivity (Wildman–Crippen MR) is 98.6 cm³/mol. The summed E-state index contributed by atoms with van der Waals surface area (Å²) in [6.07, 6.45) is -5.23. The van der Waals surface area contributed by atoms with E-state index in [-0.39, 0.29) is 16.9 Å². The quantitative estimate of drug-likeness (QED) is 0.522. The van der Waals surface area contributed by atoms with Crippen LogP contribution >= 0.6 is 15.9 Å². The van der Waals surface area contributed by atoms with Gasteiger partial charge >= 0.3 is 6.18 Å². The zero-order valence-electron chi connectivity index (χ0n) is 14.8. The Morgan fingerprint density at radius 1 is 1.34 bits per heavy atom. The molecule has 29 heavy (non-hydrogen) atoms. The second-order valence-corrected chi connectivity index (χ2v) is 7.37. The molecule has 0 saturated carbocycles. The van der Waals surface area contributed by atoms with E-state index < -0.39 is 42.1 Å². The molecular formula is C17H14BrF4N5O2. The molecule has 3 N–H and O–H groups in total. The second kappa shape index (κ2) is 7.58. The Balaban J connectivity index is 1.91. The maximum Gasteiger partial charge on any atom is 0.425 e. The van der Waals surface area contributed by atoms with E-state index in [9.17, 15) is 22.4 Å². The van der Waals surface area contributed by atoms with Gasteiger partial charge in [-0.3, -0.25) is 4.79 Å². The number of amides is 1. The van der Waals surface area contributed by atoms with E-state index >= 15 is 0 Å². The van der Waals surface area contributed by atoms with Crippen LogP contribution in [0.25, 0.3) is 0 Å². The fourth-order valence-electron chi connectivity index (χ4n) is 2.82. The highest BCUT2D eigenvalue weighted by atomic mass is 79.9. The summed E-state index contributed by atoms with van der Waals surface area (Å²) in [5, 5.41) is 2.48. The van der Waals surface area contributed by atoms with Crippen molar-refractivity contribution in [1.29, 1.82) is 0 Å². The molecule has 3 heterocycles. The molecule has 0 unspecified atom stereocenters. The summed E-state index contributed by atoms with van der Waals surface area (Å²) >= 11 is 3.19. The van der Waals surface area contributed by atoms with Crippen molar-refractivity contribution in [3.8, 4) is 0 Å². The van der Waals surface area contributed by atoms with Gasteiger partial charge in [-0.25, -0.2) is 15.0 Å². The van der Waals surface area contributed by atoms with Crippen molar-refractivity contribution in [3.05, 3.63) is 52.3 Å². The number of hydrogen-bond acceptors (Lipinski definition) is 6. The Hall–Kier alpha value is -2.76. The molecule has 0 bridgehead atoms. The Morgan fingerprint density at radius 2 is 2.07 bits per heavy atom. The summed E-state index contributed by atoms with van der Waals surface area (Å²) in [6, 6.07) is 3.51. The largest absolute Gasteiger partial charge is 0.452 e. The van der Waals surface area contributed by atoms with Crippen molar-refractivity contribution in [1.82, 2.24) is 9.97 Å². The molecule has 0 aliphatic carbocycles. The zero-order valence-corrected chi connectivity index (χ0v) is 16.4. The molecule has 1 aliphatic rings. The minimum atomic E-state index is -4.72. The first kappa shape index (κ1) is 21.0. The van der Waals surface area contributed by atoms with Crippen molar-refractivity contribution in [2.75, 3.05) is 5.32 Å². The van der Waals surface area contributed by atoms with Crippen LogP contribution in [-0.2, 0) is 10.3 Å². The van der Waals surface area contributed by atoms with Crippen molar-refractivity contribution < 1.29 is 27.1 Å². The Kier molecular flexibility index (Phi) is 5.48. The molecule has 154 valence electrons. The van der Waals surface area contributed by atoms with Gasteiger partial charge in [0.25, 0.3) is 11.9 Å². The van der Waals surface area contributed by atoms with Gasteiger partial charge in [0, 0.05) is 22.7 Å². The second-order valence-electron chi connectivity index (χ2n) is 6.45. The molecule has 2 atom stereocenters. The molecule has 0 spiro atoms. The molecule has 2 aromatic rings. The third-order valence-electron chi connectivity index (χ3n) is 4.21. The molecule has 0 radical (unpaired) electrons. The lowest BCUT2D eigenvalue weighted by Crippen LogP contribution is -2.46. The standard InChI is InChI=1S/C17H14BrF4N5O2/c1-16(5-12(17(20,21)22)29-15(23)27-16)10-4-9(7-25-13(10)19)26-14(28)11-3-2-8(18)6-24-11/h2-4,6-7,12H,5H2,1H3,(H2,23,27)(H,26,28)/t12-,16+/m0/s1. The number of rotatable bonds is 3. The number of nitrogens with zero attached hydrogens (tertiary/aromatic N) is 3. The van der Waals surface area contributed by atoms with Crippen molar-refractivity contribution in [2.45, 2.75) is 31.2 Å². The number of halogens is 5. The van der Waals surface area contributed by atoms with E-state index in [2.05, 4.69) is 40.9 Å². The number of aliphatic imine (C=N–C) groups is 1. The number of amidine groups is 1. The SMILES string of the molecule is C[C@]1(c2cc(NC(=O)c3ccc(Br)cn3)cnc2F)C[C@@H](C(F)(F)F)OC(N)=N1. The average Bonchev–Trinajstić information content (AvgIpc) is 2.62. The van der Waals surface area contributed by atoms with Crippen molar-refractivity contribution in [3.63, 3.8) is 0 Å². The van der Waals surface area contributed by atoms with Crippen LogP contribution in [0.4, 0.5) is 23.2 Å². The molecule has 1 amide bonds. The highest BCUT2D eigenvalue weighted by molar-refractivity contribution is 9.10.